The van der Waals surface area contributed by atoms with Crippen molar-refractivity contribution in [2.24, 2.45) is 0 Å². The summed E-state index contributed by atoms with van der Waals surface area (Å²) in [5.74, 6) is -0.770. The zero-order valence-corrected chi connectivity index (χ0v) is 15.1. The molecule has 1 aromatic heterocycles. The Bertz CT molecular complexity index is 850. The molecule has 1 atom stereocenters. The lowest BCUT2D eigenvalue weighted by Crippen LogP contribution is -2.45. The number of furan rings is 1. The molecule has 0 spiro atoms. The molecule has 2 heterocycles. The van der Waals surface area contributed by atoms with Crippen LogP contribution < -0.4 is 5.32 Å². The van der Waals surface area contributed by atoms with Gasteiger partial charge >= 0.3 is 6.03 Å². The molecule has 1 aromatic carbocycles. The molecular weight excluding hydrogens is 353 g/mol. The van der Waals surface area contributed by atoms with Crippen LogP contribution in [-0.2, 0) is 21.7 Å². The Kier molecular flexibility index (Phi) is 4.98. The van der Waals surface area contributed by atoms with Crippen molar-refractivity contribution in [3.05, 3.63) is 59.8 Å². The lowest BCUT2D eigenvalue weighted by atomic mass is 9.87. The molecule has 7 nitrogen and oxygen atoms in total. The maximum Gasteiger partial charge on any atom is 0.325 e. The van der Waals surface area contributed by atoms with E-state index in [-0.39, 0.29) is 19.5 Å². The van der Waals surface area contributed by atoms with Gasteiger partial charge in [-0.3, -0.25) is 14.5 Å². The minimum Gasteiger partial charge on any atom is -0.467 e. The standard InChI is InChI=1S/C19H20FN3O4/c1-3-19(13-6-8-14(20)9-7-13)17(25)23(18(26)21-19)12-16(24)22(2)11-15-5-4-10-27-15/h4-10H,3,11-12H2,1-2H3,(H,21,26)/t19-/m0/s1. The Morgan fingerprint density at radius 1 is 1.26 bits per heavy atom. The third kappa shape index (κ3) is 3.42. The van der Waals surface area contributed by atoms with Gasteiger partial charge in [0.05, 0.1) is 12.8 Å². The second-order valence-corrected chi connectivity index (χ2v) is 6.42. The number of imide groups is 1. The molecule has 2 aromatic rings. The molecule has 3 rings (SSSR count). The molecule has 0 aliphatic carbocycles. The van der Waals surface area contributed by atoms with Crippen molar-refractivity contribution in [2.75, 3.05) is 13.6 Å². The second-order valence-electron chi connectivity index (χ2n) is 6.42. The van der Waals surface area contributed by atoms with Gasteiger partial charge in [-0.25, -0.2) is 9.18 Å². The number of nitrogens with zero attached hydrogens (tertiary/aromatic N) is 2. The number of hydrogen-bond acceptors (Lipinski definition) is 4. The number of likely N-dealkylation sites (N-methyl/N-ethyl adjacent to an activating group) is 1. The Labute approximate surface area is 155 Å². The first-order valence-electron chi connectivity index (χ1n) is 8.54. The van der Waals surface area contributed by atoms with Crippen molar-refractivity contribution < 1.29 is 23.2 Å². The van der Waals surface area contributed by atoms with Crippen LogP contribution in [0.1, 0.15) is 24.7 Å². The molecule has 1 aliphatic rings. The van der Waals surface area contributed by atoms with Crippen LogP contribution in [0.25, 0.3) is 0 Å². The zero-order chi connectivity index (χ0) is 19.6. The van der Waals surface area contributed by atoms with Crippen LogP contribution in [0.3, 0.4) is 0 Å². The van der Waals surface area contributed by atoms with Crippen molar-refractivity contribution in [3.63, 3.8) is 0 Å². The quantitative estimate of drug-likeness (QED) is 0.787. The van der Waals surface area contributed by atoms with Crippen LogP contribution in [0.15, 0.2) is 47.1 Å². The summed E-state index contributed by atoms with van der Waals surface area (Å²) in [5.41, 5.74) is -0.825. The van der Waals surface area contributed by atoms with E-state index in [0.717, 1.165) is 4.90 Å². The van der Waals surface area contributed by atoms with Gasteiger partial charge in [-0.2, -0.15) is 0 Å². The number of carbonyl (C=O) groups is 3. The molecule has 27 heavy (non-hydrogen) atoms. The summed E-state index contributed by atoms with van der Waals surface area (Å²) in [6.07, 6.45) is 1.78. The van der Waals surface area contributed by atoms with Crippen molar-refractivity contribution >= 4 is 17.8 Å². The van der Waals surface area contributed by atoms with Crippen LogP contribution in [0, 0.1) is 5.82 Å². The number of benzene rings is 1. The topological polar surface area (TPSA) is 82.9 Å². The minimum absolute atomic E-state index is 0.229. The number of halogens is 1. The van der Waals surface area contributed by atoms with E-state index < -0.39 is 29.2 Å². The van der Waals surface area contributed by atoms with E-state index in [1.165, 1.54) is 35.4 Å². The largest absolute Gasteiger partial charge is 0.467 e. The summed E-state index contributed by atoms with van der Waals surface area (Å²) in [4.78, 5) is 40.1. The molecule has 0 radical (unpaired) electrons. The first-order valence-corrected chi connectivity index (χ1v) is 8.54. The molecule has 1 N–H and O–H groups in total. The molecule has 0 unspecified atom stereocenters. The molecule has 142 valence electrons. The summed E-state index contributed by atoms with van der Waals surface area (Å²) >= 11 is 0. The molecule has 0 bridgehead atoms. The van der Waals surface area contributed by atoms with Gasteiger partial charge in [0.15, 0.2) is 0 Å². The molecule has 8 heteroatoms. The normalized spacial score (nSPS) is 19.3. The summed E-state index contributed by atoms with van der Waals surface area (Å²) in [5, 5.41) is 2.67. The lowest BCUT2D eigenvalue weighted by molar-refractivity contribution is -0.139. The molecule has 1 aliphatic heterocycles. The predicted molar refractivity (Wildman–Crippen MR) is 93.8 cm³/mol. The van der Waals surface area contributed by atoms with Gasteiger partial charge in [0.25, 0.3) is 5.91 Å². The predicted octanol–water partition coefficient (Wildman–Crippen LogP) is 2.23. The Morgan fingerprint density at radius 3 is 2.56 bits per heavy atom. The van der Waals surface area contributed by atoms with E-state index >= 15 is 0 Å². The number of hydrogen-bond donors (Lipinski definition) is 1. The van der Waals surface area contributed by atoms with Crippen LogP contribution in [0.5, 0.6) is 0 Å². The Hall–Kier alpha value is -3.16. The fourth-order valence-electron chi connectivity index (χ4n) is 3.12. The van der Waals surface area contributed by atoms with E-state index in [0.29, 0.717) is 11.3 Å². The monoisotopic (exact) mass is 373 g/mol. The smallest absolute Gasteiger partial charge is 0.325 e. The van der Waals surface area contributed by atoms with Crippen LogP contribution in [0.2, 0.25) is 0 Å². The highest BCUT2D eigenvalue weighted by atomic mass is 19.1. The van der Waals surface area contributed by atoms with Crippen LogP contribution >= 0.6 is 0 Å². The fraction of sp³-hybridized carbons (Fsp3) is 0.316. The first-order chi connectivity index (χ1) is 12.9. The summed E-state index contributed by atoms with van der Waals surface area (Å²) in [6.45, 7) is 1.59. The molecule has 1 fully saturated rings. The number of urea groups is 1. The minimum atomic E-state index is -1.30. The van der Waals surface area contributed by atoms with Gasteiger partial charge in [0.1, 0.15) is 23.7 Å². The fourth-order valence-corrected chi connectivity index (χ4v) is 3.12. The number of rotatable bonds is 6. The highest BCUT2D eigenvalue weighted by Crippen LogP contribution is 2.32. The van der Waals surface area contributed by atoms with E-state index in [9.17, 15) is 18.8 Å². The molecule has 0 saturated carbocycles. The van der Waals surface area contributed by atoms with Gasteiger partial charge in [-0.05, 0) is 36.2 Å². The van der Waals surface area contributed by atoms with Gasteiger partial charge in [-0.15, -0.1) is 0 Å². The van der Waals surface area contributed by atoms with Gasteiger partial charge in [0.2, 0.25) is 5.91 Å². The van der Waals surface area contributed by atoms with E-state index in [4.69, 9.17) is 4.42 Å². The van der Waals surface area contributed by atoms with Crippen molar-refractivity contribution in [1.82, 2.24) is 15.1 Å². The first kappa shape index (κ1) is 18.6. The average molecular weight is 373 g/mol. The van der Waals surface area contributed by atoms with Crippen LogP contribution in [-0.4, -0.2) is 41.2 Å². The third-order valence-electron chi connectivity index (χ3n) is 4.74. The Morgan fingerprint density at radius 2 is 1.96 bits per heavy atom. The van der Waals surface area contributed by atoms with Crippen molar-refractivity contribution in [1.29, 1.82) is 0 Å². The highest BCUT2D eigenvalue weighted by Gasteiger charge is 2.51. The van der Waals surface area contributed by atoms with E-state index in [2.05, 4.69) is 5.32 Å². The number of carbonyl (C=O) groups excluding carboxylic acids is 3. The van der Waals surface area contributed by atoms with Crippen molar-refractivity contribution in [3.8, 4) is 0 Å². The van der Waals surface area contributed by atoms with E-state index in [1.807, 2.05) is 0 Å². The number of nitrogens with one attached hydrogen (secondary N) is 1. The van der Waals surface area contributed by atoms with Gasteiger partial charge in [0, 0.05) is 7.05 Å². The van der Waals surface area contributed by atoms with Gasteiger partial charge < -0.3 is 14.6 Å². The maximum absolute atomic E-state index is 13.2. The van der Waals surface area contributed by atoms with Gasteiger partial charge in [-0.1, -0.05) is 19.1 Å². The summed E-state index contributed by atoms with van der Waals surface area (Å²) in [7, 11) is 1.57. The molecule has 4 amide bonds. The maximum atomic E-state index is 13.2. The van der Waals surface area contributed by atoms with Crippen molar-refractivity contribution in [2.45, 2.75) is 25.4 Å². The summed E-state index contributed by atoms with van der Waals surface area (Å²) < 4.78 is 18.4. The van der Waals surface area contributed by atoms with E-state index in [1.54, 1.807) is 26.1 Å². The number of amides is 4. The molecule has 1 saturated heterocycles. The average Bonchev–Trinajstić information content (AvgIpc) is 3.24. The Balaban J connectivity index is 1.76. The van der Waals surface area contributed by atoms with Crippen LogP contribution in [0.4, 0.5) is 9.18 Å². The highest BCUT2D eigenvalue weighted by molar-refractivity contribution is 6.09. The third-order valence-corrected chi connectivity index (χ3v) is 4.74. The molecular formula is C19H20FN3O4. The SMILES string of the molecule is CC[C@@]1(c2ccc(F)cc2)NC(=O)N(CC(=O)N(C)Cc2ccco2)C1=O. The lowest BCUT2D eigenvalue weighted by Gasteiger charge is -2.26. The zero-order valence-electron chi connectivity index (χ0n) is 15.1. The summed E-state index contributed by atoms with van der Waals surface area (Å²) in [6, 6.07) is 8.19. The second kappa shape index (κ2) is 7.22.